The average molecular weight is 968 g/mol. The summed E-state index contributed by atoms with van der Waals surface area (Å²) in [5.74, 6) is 0. The molecular weight excluding hydrogens is 926 g/mol. The van der Waals surface area contributed by atoms with Gasteiger partial charge in [-0.05, 0) is 126 Å². The number of nitrogens with zero attached hydrogens (tertiary/aromatic N) is 7. The second-order valence-corrected chi connectivity index (χ2v) is 19.4. The van der Waals surface area contributed by atoms with Gasteiger partial charge in [0.1, 0.15) is 6.07 Å². The Labute approximate surface area is 439 Å². The summed E-state index contributed by atoms with van der Waals surface area (Å²) >= 11 is 0. The van der Waals surface area contributed by atoms with Gasteiger partial charge in [0.2, 0.25) is 5.69 Å². The van der Waals surface area contributed by atoms with E-state index in [1.807, 2.05) is 30.3 Å². The second kappa shape index (κ2) is 17.0. The van der Waals surface area contributed by atoms with Crippen molar-refractivity contribution in [2.24, 2.45) is 0 Å². The molecule has 0 aliphatic carbocycles. The number of nitriles is 1. The van der Waals surface area contributed by atoms with Crippen LogP contribution >= 0.6 is 0 Å². The van der Waals surface area contributed by atoms with Crippen LogP contribution < -0.4 is 31.1 Å². The van der Waals surface area contributed by atoms with Gasteiger partial charge in [-0.2, -0.15) is 5.26 Å². The molecule has 0 fully saturated rings. The standard InChI is InChI=1S/C68H42BN7/c1-71-64-67(56(44-70)66-63-68(64)76-59-36-19-17-32-52(59)53-33-21-35-58(65(53)76)69(63)57-34-18-20-37-62(57)74(66)49-30-15-6-16-31-49)75-60-40-38-50(72(45-22-7-2-8-23-45)46-24-9-3-10-25-46)42-54(60)55-43-51(39-41-61(55)75)73(47-26-11-4-12-27-47)48-28-13-5-14-29-48/h2-43H. The molecule has 2 aliphatic rings. The summed E-state index contributed by atoms with van der Waals surface area (Å²) in [6.07, 6.45) is 0. The van der Waals surface area contributed by atoms with Crippen molar-refractivity contribution in [3.05, 3.63) is 272 Å². The van der Waals surface area contributed by atoms with Gasteiger partial charge in [-0.1, -0.05) is 146 Å². The molecule has 0 saturated carbocycles. The van der Waals surface area contributed by atoms with Gasteiger partial charge in [0.25, 0.3) is 6.71 Å². The van der Waals surface area contributed by atoms with E-state index in [1.54, 1.807) is 0 Å². The van der Waals surface area contributed by atoms with E-state index in [4.69, 9.17) is 0 Å². The Balaban J connectivity index is 1.11. The highest BCUT2D eigenvalue weighted by Gasteiger charge is 2.46. The molecule has 11 aromatic carbocycles. The quantitative estimate of drug-likeness (QED) is 0.112. The third-order valence-electron chi connectivity index (χ3n) is 15.5. The minimum absolute atomic E-state index is 0.268. The van der Waals surface area contributed by atoms with Crippen molar-refractivity contribution in [3.63, 3.8) is 0 Å². The van der Waals surface area contributed by atoms with E-state index < -0.39 is 0 Å². The Bertz CT molecular complexity index is 4340. The number of para-hydroxylation sites is 8. The lowest BCUT2D eigenvalue weighted by atomic mass is 9.33. The molecule has 352 valence electrons. The molecule has 15 rings (SSSR count). The van der Waals surface area contributed by atoms with Crippen molar-refractivity contribution < 1.29 is 0 Å². The molecule has 0 amide bonds. The Morgan fingerprint density at radius 2 is 0.882 bits per heavy atom. The number of fused-ring (bicyclic) bond motifs is 10. The summed E-state index contributed by atoms with van der Waals surface area (Å²) in [4.78, 5) is 11.5. The van der Waals surface area contributed by atoms with Crippen LogP contribution in [0.3, 0.4) is 0 Å². The molecule has 2 aliphatic heterocycles. The maximum atomic E-state index is 12.2. The van der Waals surface area contributed by atoms with Gasteiger partial charge in [0.15, 0.2) is 0 Å². The molecule has 4 heterocycles. The lowest BCUT2D eigenvalue weighted by Crippen LogP contribution is -2.60. The summed E-state index contributed by atoms with van der Waals surface area (Å²) in [6.45, 7) is 9.28. The Hall–Kier alpha value is -10.5. The van der Waals surface area contributed by atoms with E-state index in [2.05, 4.69) is 259 Å². The largest absolute Gasteiger partial charge is 0.320 e. The molecule has 13 aromatic rings. The van der Waals surface area contributed by atoms with E-state index in [0.29, 0.717) is 16.9 Å². The smallest absolute Gasteiger partial charge is 0.250 e. The van der Waals surface area contributed by atoms with Crippen LogP contribution in [0.2, 0.25) is 0 Å². The van der Waals surface area contributed by atoms with E-state index >= 15 is 0 Å². The normalized spacial score (nSPS) is 12.1. The number of anilines is 9. The van der Waals surface area contributed by atoms with Crippen molar-refractivity contribution in [2.75, 3.05) is 14.7 Å². The van der Waals surface area contributed by atoms with Crippen LogP contribution in [-0.2, 0) is 0 Å². The zero-order chi connectivity index (χ0) is 50.4. The molecule has 76 heavy (non-hydrogen) atoms. The minimum atomic E-state index is -0.268. The summed E-state index contributed by atoms with van der Waals surface area (Å²) in [6, 6.07) is 92.1. The number of rotatable bonds is 8. The van der Waals surface area contributed by atoms with Crippen LogP contribution in [0.25, 0.3) is 59.8 Å². The SMILES string of the molecule is [C-]#[N+]c1c(-n2c3ccc(N(c4ccccc4)c4ccccc4)cc3c3cc(N(c4ccccc4)c4ccccc4)ccc32)c(C#N)c2c3c1-n1c4ccccc4c4cccc(c41)B3c1ccccc1N2c1ccccc1. The maximum Gasteiger partial charge on any atom is 0.250 e. The van der Waals surface area contributed by atoms with Crippen molar-refractivity contribution in [3.8, 4) is 17.4 Å². The summed E-state index contributed by atoms with van der Waals surface area (Å²) in [5.41, 5.74) is 18.0. The maximum absolute atomic E-state index is 12.2. The number of hydrogen-bond acceptors (Lipinski definition) is 4. The van der Waals surface area contributed by atoms with Gasteiger partial charge in [-0.3, -0.25) is 0 Å². The third-order valence-corrected chi connectivity index (χ3v) is 15.5. The molecule has 0 saturated heterocycles. The summed E-state index contributed by atoms with van der Waals surface area (Å²) < 4.78 is 4.55. The first-order valence-electron chi connectivity index (χ1n) is 25.6. The van der Waals surface area contributed by atoms with Crippen molar-refractivity contribution in [1.29, 1.82) is 5.26 Å². The fourth-order valence-electron chi connectivity index (χ4n) is 12.5. The molecule has 0 bridgehead atoms. The van der Waals surface area contributed by atoms with E-state index in [1.165, 1.54) is 0 Å². The van der Waals surface area contributed by atoms with Crippen molar-refractivity contribution in [2.45, 2.75) is 0 Å². The summed E-state index contributed by atoms with van der Waals surface area (Å²) in [7, 11) is 0. The van der Waals surface area contributed by atoms with Crippen LogP contribution in [0, 0.1) is 17.9 Å². The van der Waals surface area contributed by atoms with Gasteiger partial charge in [0.05, 0.1) is 45.7 Å². The van der Waals surface area contributed by atoms with Crippen LogP contribution in [0.5, 0.6) is 0 Å². The fourth-order valence-corrected chi connectivity index (χ4v) is 12.5. The lowest BCUT2D eigenvalue weighted by Gasteiger charge is -2.42. The Morgan fingerprint density at radius 1 is 0.408 bits per heavy atom. The first-order valence-corrected chi connectivity index (χ1v) is 25.6. The lowest BCUT2D eigenvalue weighted by molar-refractivity contribution is 1.13. The van der Waals surface area contributed by atoms with Crippen molar-refractivity contribution >= 4 is 124 Å². The number of aromatic nitrogens is 2. The van der Waals surface area contributed by atoms with E-state index in [9.17, 15) is 11.8 Å². The highest BCUT2D eigenvalue weighted by Crippen LogP contribution is 2.51. The molecular formula is C68H42BN7. The van der Waals surface area contributed by atoms with Gasteiger partial charge in [-0.15, -0.1) is 0 Å². The third kappa shape index (κ3) is 6.22. The average Bonchev–Trinajstić information content (AvgIpc) is 4.07. The van der Waals surface area contributed by atoms with E-state index in [-0.39, 0.29) is 6.71 Å². The molecule has 0 N–H and O–H groups in total. The molecule has 8 heteroatoms. The fraction of sp³-hybridized carbons (Fsp3) is 0. The molecule has 0 unspecified atom stereocenters. The predicted molar refractivity (Wildman–Crippen MR) is 315 cm³/mol. The van der Waals surface area contributed by atoms with Gasteiger partial charge in [-0.25, -0.2) is 4.85 Å². The molecule has 2 aromatic heterocycles. The molecule has 7 nitrogen and oxygen atoms in total. The van der Waals surface area contributed by atoms with Crippen LogP contribution in [-0.4, -0.2) is 15.8 Å². The topological polar surface area (TPSA) is 47.7 Å². The Morgan fingerprint density at radius 3 is 1.43 bits per heavy atom. The molecule has 0 radical (unpaired) electrons. The van der Waals surface area contributed by atoms with Gasteiger partial charge in [0, 0.05) is 72.6 Å². The Kier molecular flexibility index (Phi) is 9.66. The first kappa shape index (κ1) is 43.1. The zero-order valence-corrected chi connectivity index (χ0v) is 41.0. The molecule has 0 spiro atoms. The molecule has 0 atom stereocenters. The first-order chi connectivity index (χ1) is 37.7. The van der Waals surface area contributed by atoms with Gasteiger partial charge < -0.3 is 23.8 Å². The predicted octanol–water partition coefficient (Wildman–Crippen LogP) is 15.9. The van der Waals surface area contributed by atoms with E-state index in [0.717, 1.165) is 117 Å². The van der Waals surface area contributed by atoms with Crippen molar-refractivity contribution in [1.82, 2.24) is 9.13 Å². The van der Waals surface area contributed by atoms with Crippen LogP contribution in [0.15, 0.2) is 255 Å². The highest BCUT2D eigenvalue weighted by atomic mass is 15.2. The minimum Gasteiger partial charge on any atom is -0.320 e. The highest BCUT2D eigenvalue weighted by molar-refractivity contribution is 7.00. The summed E-state index contributed by atoms with van der Waals surface area (Å²) in [5, 5.41) is 16.4. The van der Waals surface area contributed by atoms with Gasteiger partial charge >= 0.3 is 0 Å². The second-order valence-electron chi connectivity index (χ2n) is 19.4. The van der Waals surface area contributed by atoms with Crippen LogP contribution in [0.4, 0.5) is 56.9 Å². The monoisotopic (exact) mass is 967 g/mol. The number of benzene rings is 11. The zero-order valence-electron chi connectivity index (χ0n) is 41.0. The number of hydrogen-bond donors (Lipinski definition) is 0. The van der Waals surface area contributed by atoms with Crippen LogP contribution in [0.1, 0.15) is 5.56 Å².